The summed E-state index contributed by atoms with van der Waals surface area (Å²) in [5.41, 5.74) is 2.39. The number of hydrogen-bond acceptors (Lipinski definition) is 4. The number of rotatable bonds is 7. The third-order valence-electron chi connectivity index (χ3n) is 5.08. The van der Waals surface area contributed by atoms with Crippen molar-refractivity contribution in [3.05, 3.63) is 17.5 Å². The summed E-state index contributed by atoms with van der Waals surface area (Å²) in [7, 11) is 4.05. The molecule has 0 aliphatic carbocycles. The molecule has 1 aliphatic rings. The number of piperazine rings is 1. The zero-order chi connectivity index (χ0) is 20.7. The van der Waals surface area contributed by atoms with Gasteiger partial charge < -0.3 is 15.1 Å². The Morgan fingerprint density at radius 1 is 1.31 bits per heavy atom. The van der Waals surface area contributed by atoms with Gasteiger partial charge in [-0.1, -0.05) is 13.8 Å². The van der Waals surface area contributed by atoms with Crippen molar-refractivity contribution in [2.24, 2.45) is 12.0 Å². The molecule has 1 saturated heterocycles. The van der Waals surface area contributed by atoms with Crippen LogP contribution >= 0.6 is 24.0 Å². The number of carbonyl (C=O) groups excluding carboxylic acids is 1. The fourth-order valence-electron chi connectivity index (χ4n) is 3.55. The Hall–Kier alpha value is -1.36. The van der Waals surface area contributed by atoms with Gasteiger partial charge in [-0.05, 0) is 12.8 Å². The van der Waals surface area contributed by atoms with Gasteiger partial charge in [0.05, 0.1) is 12.2 Å². The van der Waals surface area contributed by atoms with E-state index in [1.54, 1.807) is 6.92 Å². The molecule has 1 fully saturated rings. The Bertz CT molecular complexity index is 666. The summed E-state index contributed by atoms with van der Waals surface area (Å²) >= 11 is 0. The van der Waals surface area contributed by atoms with Crippen molar-refractivity contribution in [2.45, 2.75) is 40.2 Å². The molecule has 0 spiro atoms. The lowest BCUT2D eigenvalue weighted by Gasteiger charge is -2.33. The fourth-order valence-corrected chi connectivity index (χ4v) is 3.55. The average Bonchev–Trinajstić information content (AvgIpc) is 3.01. The number of amides is 1. The molecule has 9 heteroatoms. The Labute approximate surface area is 192 Å². The van der Waals surface area contributed by atoms with E-state index in [0.29, 0.717) is 5.92 Å². The maximum Gasteiger partial charge on any atom is 0.219 e. The van der Waals surface area contributed by atoms with Gasteiger partial charge in [0.1, 0.15) is 0 Å². The van der Waals surface area contributed by atoms with E-state index in [1.807, 2.05) is 16.6 Å². The molecule has 8 nitrogen and oxygen atoms in total. The van der Waals surface area contributed by atoms with Crippen LogP contribution in [-0.4, -0.2) is 89.2 Å². The van der Waals surface area contributed by atoms with Crippen molar-refractivity contribution >= 4 is 35.8 Å². The van der Waals surface area contributed by atoms with Gasteiger partial charge >= 0.3 is 0 Å². The van der Waals surface area contributed by atoms with Crippen LogP contribution in [0, 0.1) is 0 Å². The second-order valence-corrected chi connectivity index (χ2v) is 7.81. The van der Waals surface area contributed by atoms with Gasteiger partial charge in [-0.15, -0.1) is 24.0 Å². The molecule has 1 aromatic heterocycles. The highest BCUT2D eigenvalue weighted by Gasteiger charge is 2.18. The van der Waals surface area contributed by atoms with Gasteiger partial charge in [0.25, 0.3) is 0 Å². The minimum absolute atomic E-state index is 0. The molecule has 1 N–H and O–H groups in total. The molecule has 0 atom stereocenters. The average molecular weight is 519 g/mol. The number of aryl methyl sites for hydroxylation is 1. The number of aromatic nitrogens is 2. The van der Waals surface area contributed by atoms with Crippen molar-refractivity contribution in [1.82, 2.24) is 29.8 Å². The molecule has 0 saturated carbocycles. The zero-order valence-corrected chi connectivity index (χ0v) is 21.1. The SMILES string of the molecule is CCNC(=NCCN1CCN(C(C)=O)CC1)N(C)Cc1cn(C)nc1C(C)C.I. The van der Waals surface area contributed by atoms with Gasteiger partial charge in [0.15, 0.2) is 5.96 Å². The summed E-state index contributed by atoms with van der Waals surface area (Å²) < 4.78 is 1.89. The predicted octanol–water partition coefficient (Wildman–Crippen LogP) is 1.72. The largest absolute Gasteiger partial charge is 0.357 e. The summed E-state index contributed by atoms with van der Waals surface area (Å²) in [6.45, 7) is 14.9. The highest BCUT2D eigenvalue weighted by atomic mass is 127. The summed E-state index contributed by atoms with van der Waals surface area (Å²) in [5.74, 6) is 1.49. The molecule has 2 rings (SSSR count). The van der Waals surface area contributed by atoms with Crippen LogP contribution in [0.25, 0.3) is 0 Å². The summed E-state index contributed by atoms with van der Waals surface area (Å²) in [6, 6.07) is 0. The molecule has 0 aromatic carbocycles. The van der Waals surface area contributed by atoms with E-state index in [2.05, 4.69) is 54.2 Å². The first-order valence-corrected chi connectivity index (χ1v) is 10.3. The molecule has 0 bridgehead atoms. The van der Waals surface area contributed by atoms with Gasteiger partial charge in [-0.2, -0.15) is 5.10 Å². The van der Waals surface area contributed by atoms with Crippen LogP contribution in [0.3, 0.4) is 0 Å². The third kappa shape index (κ3) is 7.76. The van der Waals surface area contributed by atoms with Crippen LogP contribution in [0.15, 0.2) is 11.2 Å². The minimum atomic E-state index is 0. The minimum Gasteiger partial charge on any atom is -0.357 e. The Morgan fingerprint density at radius 3 is 2.52 bits per heavy atom. The number of nitrogens with one attached hydrogen (secondary N) is 1. The summed E-state index contributed by atoms with van der Waals surface area (Å²) in [5, 5.41) is 8.00. The highest BCUT2D eigenvalue weighted by Crippen LogP contribution is 2.18. The second kappa shape index (κ2) is 12.4. The molecule has 1 aromatic rings. The Morgan fingerprint density at radius 2 is 1.97 bits per heavy atom. The van der Waals surface area contributed by atoms with E-state index in [4.69, 9.17) is 4.99 Å². The standard InChI is InChI=1S/C20H37N7O.HI/c1-7-21-20(22-8-9-26-10-12-27(13-11-26)17(4)28)24(5)14-18-15-25(6)23-19(18)16(2)3;/h15-16H,7-14H2,1-6H3,(H,21,22);1H. The fraction of sp³-hybridized carbons (Fsp3) is 0.750. The van der Waals surface area contributed by atoms with Gasteiger partial charge in [0, 0.05) is 78.6 Å². The second-order valence-electron chi connectivity index (χ2n) is 7.81. The van der Waals surface area contributed by atoms with E-state index < -0.39 is 0 Å². The normalized spacial score (nSPS) is 15.4. The lowest BCUT2D eigenvalue weighted by atomic mass is 10.1. The zero-order valence-electron chi connectivity index (χ0n) is 18.8. The van der Waals surface area contributed by atoms with Crippen molar-refractivity contribution in [3.63, 3.8) is 0 Å². The van der Waals surface area contributed by atoms with Crippen LogP contribution in [0.4, 0.5) is 0 Å². The lowest BCUT2D eigenvalue weighted by molar-refractivity contribution is -0.130. The molecular formula is C20H38IN7O. The van der Waals surface area contributed by atoms with Crippen molar-refractivity contribution in [3.8, 4) is 0 Å². The van der Waals surface area contributed by atoms with Gasteiger partial charge in [0.2, 0.25) is 5.91 Å². The molecule has 1 amide bonds. The summed E-state index contributed by atoms with van der Waals surface area (Å²) in [6.07, 6.45) is 2.10. The number of aliphatic imine (C=N–C) groups is 1. The number of halogens is 1. The predicted molar refractivity (Wildman–Crippen MR) is 129 cm³/mol. The number of nitrogens with zero attached hydrogens (tertiary/aromatic N) is 6. The topological polar surface area (TPSA) is 69.0 Å². The quantitative estimate of drug-likeness (QED) is 0.338. The Kier molecular flexibility index (Phi) is 10.9. The Balaban J connectivity index is 0.00000420. The summed E-state index contributed by atoms with van der Waals surface area (Å²) in [4.78, 5) is 22.7. The molecule has 29 heavy (non-hydrogen) atoms. The first-order valence-electron chi connectivity index (χ1n) is 10.3. The van der Waals surface area contributed by atoms with Crippen LogP contribution < -0.4 is 5.32 Å². The van der Waals surface area contributed by atoms with Crippen molar-refractivity contribution in [2.75, 3.05) is 52.9 Å². The number of guanidine groups is 1. The molecule has 166 valence electrons. The van der Waals surface area contributed by atoms with Crippen LogP contribution in [-0.2, 0) is 18.4 Å². The van der Waals surface area contributed by atoms with Crippen LogP contribution in [0.5, 0.6) is 0 Å². The van der Waals surface area contributed by atoms with Gasteiger partial charge in [-0.3, -0.25) is 19.4 Å². The smallest absolute Gasteiger partial charge is 0.219 e. The maximum absolute atomic E-state index is 11.4. The maximum atomic E-state index is 11.4. The highest BCUT2D eigenvalue weighted by molar-refractivity contribution is 14.0. The van der Waals surface area contributed by atoms with Crippen molar-refractivity contribution in [1.29, 1.82) is 0 Å². The first kappa shape index (κ1) is 25.7. The molecule has 0 radical (unpaired) electrons. The van der Waals surface area contributed by atoms with Gasteiger partial charge in [-0.25, -0.2) is 0 Å². The lowest BCUT2D eigenvalue weighted by Crippen LogP contribution is -2.48. The first-order chi connectivity index (χ1) is 13.3. The third-order valence-corrected chi connectivity index (χ3v) is 5.08. The number of carbonyl (C=O) groups is 1. The molecule has 1 aliphatic heterocycles. The van der Waals surface area contributed by atoms with E-state index in [1.165, 1.54) is 5.56 Å². The molecule has 0 unspecified atom stereocenters. The van der Waals surface area contributed by atoms with Crippen LogP contribution in [0.1, 0.15) is 44.9 Å². The monoisotopic (exact) mass is 519 g/mol. The van der Waals surface area contributed by atoms with E-state index in [-0.39, 0.29) is 29.9 Å². The van der Waals surface area contributed by atoms with Crippen molar-refractivity contribution < 1.29 is 4.79 Å². The van der Waals surface area contributed by atoms with E-state index in [9.17, 15) is 4.79 Å². The van der Waals surface area contributed by atoms with Crippen LogP contribution in [0.2, 0.25) is 0 Å². The molecular weight excluding hydrogens is 481 g/mol. The molecule has 2 heterocycles. The van der Waals surface area contributed by atoms with E-state index in [0.717, 1.165) is 64.0 Å². The van der Waals surface area contributed by atoms with E-state index >= 15 is 0 Å². The number of hydrogen-bond donors (Lipinski definition) is 1.